The fraction of sp³-hybridized carbons (Fsp3) is 0.643. The fourth-order valence-corrected chi connectivity index (χ4v) is 2.13. The van der Waals surface area contributed by atoms with E-state index in [1.54, 1.807) is 23.5 Å². The number of amides is 1. The van der Waals surface area contributed by atoms with Gasteiger partial charge in [-0.1, -0.05) is 0 Å². The number of hydrogen-bond donors (Lipinski definition) is 1. The van der Waals surface area contributed by atoms with Crippen LogP contribution in [0.5, 0.6) is 0 Å². The molecule has 6 heteroatoms. The van der Waals surface area contributed by atoms with Crippen molar-refractivity contribution in [2.24, 2.45) is 5.92 Å². The molecule has 1 N–H and O–H groups in total. The fourth-order valence-electron chi connectivity index (χ4n) is 2.13. The van der Waals surface area contributed by atoms with Crippen LogP contribution in [0.1, 0.15) is 27.2 Å². The van der Waals surface area contributed by atoms with E-state index in [-0.39, 0.29) is 6.09 Å². The number of hydrogen-bond acceptors (Lipinski definition) is 5. The summed E-state index contributed by atoms with van der Waals surface area (Å²) in [5.74, 6) is 1.19. The van der Waals surface area contributed by atoms with Gasteiger partial charge in [0.15, 0.2) is 0 Å². The predicted octanol–water partition coefficient (Wildman–Crippen LogP) is 2.15. The summed E-state index contributed by atoms with van der Waals surface area (Å²) in [4.78, 5) is 21.9. The van der Waals surface area contributed by atoms with Gasteiger partial charge in [0.05, 0.1) is 6.20 Å². The molecule has 2 rings (SSSR count). The molecule has 1 aliphatic rings. The number of nitrogens with zero attached hydrogens (tertiary/aromatic N) is 3. The van der Waals surface area contributed by atoms with Gasteiger partial charge in [-0.15, -0.1) is 0 Å². The van der Waals surface area contributed by atoms with Gasteiger partial charge in [0.25, 0.3) is 0 Å². The van der Waals surface area contributed by atoms with E-state index in [9.17, 15) is 4.79 Å². The Morgan fingerprint density at radius 1 is 1.50 bits per heavy atom. The molecule has 1 atom stereocenters. The van der Waals surface area contributed by atoms with E-state index in [1.165, 1.54) is 0 Å². The van der Waals surface area contributed by atoms with Crippen molar-refractivity contribution in [2.45, 2.75) is 32.8 Å². The first-order valence-corrected chi connectivity index (χ1v) is 6.92. The molecular weight excluding hydrogens is 256 g/mol. The van der Waals surface area contributed by atoms with E-state index in [4.69, 9.17) is 4.74 Å². The highest BCUT2D eigenvalue weighted by molar-refractivity contribution is 5.68. The van der Waals surface area contributed by atoms with Crippen molar-refractivity contribution >= 4 is 11.9 Å². The van der Waals surface area contributed by atoms with Crippen LogP contribution in [0.2, 0.25) is 0 Å². The Morgan fingerprint density at radius 3 is 2.95 bits per heavy atom. The zero-order valence-corrected chi connectivity index (χ0v) is 12.3. The molecule has 0 spiro atoms. The summed E-state index contributed by atoms with van der Waals surface area (Å²) in [6.45, 7) is 7.91. The number of nitrogens with one attached hydrogen (secondary N) is 1. The summed E-state index contributed by atoms with van der Waals surface area (Å²) < 4.78 is 5.38. The topological polar surface area (TPSA) is 67.3 Å². The number of carbonyl (C=O) groups excluding carboxylic acids is 1. The summed E-state index contributed by atoms with van der Waals surface area (Å²) in [7, 11) is 0. The van der Waals surface area contributed by atoms with Gasteiger partial charge < -0.3 is 15.0 Å². The summed E-state index contributed by atoms with van der Waals surface area (Å²) in [5.41, 5.74) is -0.437. The van der Waals surface area contributed by atoms with Crippen molar-refractivity contribution in [1.29, 1.82) is 0 Å². The lowest BCUT2D eigenvalue weighted by atomic mass is 10.1. The van der Waals surface area contributed by atoms with Crippen molar-refractivity contribution in [3.05, 3.63) is 18.6 Å². The van der Waals surface area contributed by atoms with Crippen LogP contribution in [-0.2, 0) is 4.74 Å². The molecule has 0 saturated carbocycles. The Balaban J connectivity index is 1.76. The maximum Gasteiger partial charge on any atom is 0.410 e. The Kier molecular flexibility index (Phi) is 4.42. The van der Waals surface area contributed by atoms with Crippen LogP contribution >= 0.6 is 0 Å². The number of carbonyl (C=O) groups is 1. The zero-order valence-electron chi connectivity index (χ0n) is 12.3. The van der Waals surface area contributed by atoms with Crippen LogP contribution < -0.4 is 5.32 Å². The molecule has 1 fully saturated rings. The van der Waals surface area contributed by atoms with Crippen molar-refractivity contribution in [3.8, 4) is 0 Å². The van der Waals surface area contributed by atoms with Gasteiger partial charge in [0.1, 0.15) is 11.4 Å². The molecule has 0 radical (unpaired) electrons. The normalized spacial score (nSPS) is 18.9. The van der Waals surface area contributed by atoms with Crippen LogP contribution in [0.3, 0.4) is 0 Å². The highest BCUT2D eigenvalue weighted by atomic mass is 16.6. The number of ether oxygens (including phenoxy) is 1. The van der Waals surface area contributed by atoms with Gasteiger partial charge in [0, 0.05) is 32.0 Å². The molecule has 1 saturated heterocycles. The molecule has 1 aromatic heterocycles. The van der Waals surface area contributed by atoms with Crippen LogP contribution in [0.25, 0.3) is 0 Å². The molecule has 1 amide bonds. The van der Waals surface area contributed by atoms with Crippen LogP contribution in [0.15, 0.2) is 18.6 Å². The molecule has 0 aromatic carbocycles. The van der Waals surface area contributed by atoms with Crippen LogP contribution in [0.4, 0.5) is 10.6 Å². The second-order valence-corrected chi connectivity index (χ2v) is 6.05. The van der Waals surface area contributed by atoms with E-state index < -0.39 is 5.60 Å². The first kappa shape index (κ1) is 14.6. The average molecular weight is 278 g/mol. The number of aromatic nitrogens is 2. The number of rotatable bonds is 3. The summed E-state index contributed by atoms with van der Waals surface area (Å²) in [5, 5.41) is 3.24. The lowest BCUT2D eigenvalue weighted by molar-refractivity contribution is 0.0289. The Labute approximate surface area is 119 Å². The van der Waals surface area contributed by atoms with Gasteiger partial charge in [0.2, 0.25) is 0 Å². The summed E-state index contributed by atoms with van der Waals surface area (Å²) in [6.07, 6.45) is 5.75. The maximum atomic E-state index is 11.9. The first-order valence-electron chi connectivity index (χ1n) is 6.92. The monoisotopic (exact) mass is 278 g/mol. The highest BCUT2D eigenvalue weighted by Crippen LogP contribution is 2.19. The SMILES string of the molecule is CC(C)(C)OC(=O)N1CC[C@H](CNc2cnccn2)C1. The zero-order chi connectivity index (χ0) is 14.6. The van der Waals surface area contributed by atoms with Crippen molar-refractivity contribution in [2.75, 3.05) is 25.0 Å². The molecular formula is C14H22N4O2. The van der Waals surface area contributed by atoms with E-state index in [0.717, 1.165) is 31.9 Å². The first-order chi connectivity index (χ1) is 9.44. The minimum atomic E-state index is -0.437. The molecule has 1 aromatic rings. The molecule has 0 bridgehead atoms. The van der Waals surface area contributed by atoms with Crippen molar-refractivity contribution in [1.82, 2.24) is 14.9 Å². The van der Waals surface area contributed by atoms with E-state index in [2.05, 4.69) is 15.3 Å². The summed E-state index contributed by atoms with van der Waals surface area (Å²) in [6, 6.07) is 0. The van der Waals surface area contributed by atoms with E-state index in [0.29, 0.717) is 5.92 Å². The Hall–Kier alpha value is -1.85. The molecule has 0 unspecified atom stereocenters. The van der Waals surface area contributed by atoms with Gasteiger partial charge in [-0.25, -0.2) is 9.78 Å². The second-order valence-electron chi connectivity index (χ2n) is 6.05. The molecule has 0 aliphatic carbocycles. The smallest absolute Gasteiger partial charge is 0.410 e. The highest BCUT2D eigenvalue weighted by Gasteiger charge is 2.29. The lowest BCUT2D eigenvalue weighted by Crippen LogP contribution is -2.35. The third-order valence-corrected chi connectivity index (χ3v) is 3.07. The molecule has 6 nitrogen and oxygen atoms in total. The third kappa shape index (κ3) is 4.36. The standard InChI is InChI=1S/C14H22N4O2/c1-14(2,3)20-13(19)18-7-4-11(10-18)8-17-12-9-15-5-6-16-12/h5-6,9,11H,4,7-8,10H2,1-3H3,(H,16,17)/t11-/m1/s1. The lowest BCUT2D eigenvalue weighted by Gasteiger charge is -2.24. The molecule has 110 valence electrons. The van der Waals surface area contributed by atoms with Crippen molar-refractivity contribution < 1.29 is 9.53 Å². The number of anilines is 1. The van der Waals surface area contributed by atoms with Gasteiger partial charge in [-0.05, 0) is 33.1 Å². The maximum absolute atomic E-state index is 11.9. The minimum Gasteiger partial charge on any atom is -0.444 e. The van der Waals surface area contributed by atoms with Crippen LogP contribution in [-0.4, -0.2) is 46.2 Å². The van der Waals surface area contributed by atoms with E-state index >= 15 is 0 Å². The third-order valence-electron chi connectivity index (χ3n) is 3.07. The Bertz CT molecular complexity index is 444. The van der Waals surface area contributed by atoms with E-state index in [1.807, 2.05) is 20.8 Å². The second kappa shape index (κ2) is 6.07. The Morgan fingerprint density at radius 2 is 2.30 bits per heavy atom. The summed E-state index contributed by atoms with van der Waals surface area (Å²) >= 11 is 0. The number of likely N-dealkylation sites (tertiary alicyclic amines) is 1. The average Bonchev–Trinajstić information content (AvgIpc) is 2.84. The van der Waals surface area contributed by atoms with Gasteiger partial charge >= 0.3 is 6.09 Å². The quantitative estimate of drug-likeness (QED) is 0.917. The van der Waals surface area contributed by atoms with Gasteiger partial charge in [-0.2, -0.15) is 0 Å². The largest absolute Gasteiger partial charge is 0.444 e. The van der Waals surface area contributed by atoms with Gasteiger partial charge in [-0.3, -0.25) is 4.98 Å². The molecule has 20 heavy (non-hydrogen) atoms. The molecule has 2 heterocycles. The van der Waals surface area contributed by atoms with Crippen molar-refractivity contribution in [3.63, 3.8) is 0 Å². The predicted molar refractivity (Wildman–Crippen MR) is 76.4 cm³/mol. The minimum absolute atomic E-state index is 0.223. The molecule has 1 aliphatic heterocycles. The van der Waals surface area contributed by atoms with Crippen LogP contribution in [0, 0.1) is 5.92 Å².